The fourth-order valence-corrected chi connectivity index (χ4v) is 2.11. The summed E-state index contributed by atoms with van der Waals surface area (Å²) in [5.41, 5.74) is 3.01. The molecule has 3 heteroatoms. The second-order valence-electron chi connectivity index (χ2n) is 4.12. The number of aromatic amines is 1. The number of likely N-dealkylation sites (tertiary alicyclic amines) is 1. The number of rotatable bonds is 1. The molecule has 1 saturated heterocycles. The average Bonchev–Trinajstić information content (AvgIpc) is 2.71. The molecule has 74 valence electrons. The molecule has 1 aromatic heterocycles. The van der Waals surface area contributed by atoms with E-state index in [1.165, 1.54) is 12.1 Å². The van der Waals surface area contributed by atoms with Crippen molar-refractivity contribution in [2.24, 2.45) is 0 Å². The normalized spacial score (nSPS) is 22.5. The topological polar surface area (TPSA) is 42.8 Å². The van der Waals surface area contributed by atoms with Gasteiger partial charge in [-0.2, -0.15) is 5.26 Å². The highest BCUT2D eigenvalue weighted by molar-refractivity contribution is 5.37. The molecule has 0 spiro atoms. The van der Waals surface area contributed by atoms with Crippen LogP contribution < -0.4 is 0 Å². The monoisotopic (exact) mass is 189 g/mol. The highest BCUT2D eigenvalue weighted by atomic mass is 15.1. The van der Waals surface area contributed by atoms with Crippen molar-refractivity contribution in [1.82, 2.24) is 9.88 Å². The van der Waals surface area contributed by atoms with Crippen molar-refractivity contribution >= 4 is 0 Å². The molecule has 0 amide bonds. The first kappa shape index (κ1) is 9.29. The van der Waals surface area contributed by atoms with Crippen molar-refractivity contribution in [3.8, 4) is 6.07 Å². The van der Waals surface area contributed by atoms with Gasteiger partial charge in [-0.3, -0.25) is 0 Å². The fourth-order valence-electron chi connectivity index (χ4n) is 2.11. The maximum Gasteiger partial charge on any atom is 0.101 e. The predicted molar refractivity (Wildman–Crippen MR) is 55.1 cm³/mol. The summed E-state index contributed by atoms with van der Waals surface area (Å²) in [5.74, 6) is 0.584. The lowest BCUT2D eigenvalue weighted by Gasteiger charge is -2.07. The van der Waals surface area contributed by atoms with Gasteiger partial charge in [-0.05, 0) is 33.0 Å². The summed E-state index contributed by atoms with van der Waals surface area (Å²) in [6.45, 7) is 4.22. The zero-order valence-corrected chi connectivity index (χ0v) is 8.67. The fraction of sp³-hybridized carbons (Fsp3) is 0.545. The zero-order chi connectivity index (χ0) is 10.1. The Kier molecular flexibility index (Phi) is 2.30. The summed E-state index contributed by atoms with van der Waals surface area (Å²) in [7, 11) is 2.14. The van der Waals surface area contributed by atoms with Gasteiger partial charge in [-0.1, -0.05) is 0 Å². The largest absolute Gasteiger partial charge is 0.361 e. The van der Waals surface area contributed by atoms with E-state index < -0.39 is 0 Å². The molecule has 1 aliphatic heterocycles. The summed E-state index contributed by atoms with van der Waals surface area (Å²) in [5, 5.41) is 8.85. The van der Waals surface area contributed by atoms with E-state index in [0.29, 0.717) is 5.92 Å². The molecule has 3 nitrogen and oxygen atoms in total. The molecular weight excluding hydrogens is 174 g/mol. The van der Waals surface area contributed by atoms with Crippen LogP contribution in [0.5, 0.6) is 0 Å². The standard InChI is InChI=1S/C11H15N3/c1-8-10(6-12)5-11(13-8)9-3-4-14(2)7-9/h5,9,13H,3-4,7H2,1-2H3. The van der Waals surface area contributed by atoms with Crippen LogP contribution in [0.4, 0.5) is 0 Å². The number of nitrogens with one attached hydrogen (secondary N) is 1. The minimum atomic E-state index is 0.584. The number of likely N-dealkylation sites (N-methyl/N-ethyl adjacent to an activating group) is 1. The predicted octanol–water partition coefficient (Wildman–Crippen LogP) is 1.61. The van der Waals surface area contributed by atoms with E-state index in [9.17, 15) is 0 Å². The van der Waals surface area contributed by atoms with Gasteiger partial charge in [-0.15, -0.1) is 0 Å². The van der Waals surface area contributed by atoms with Crippen LogP contribution in [0.15, 0.2) is 6.07 Å². The number of hydrogen-bond acceptors (Lipinski definition) is 2. The van der Waals surface area contributed by atoms with Gasteiger partial charge < -0.3 is 9.88 Å². The molecule has 2 heterocycles. The lowest BCUT2D eigenvalue weighted by molar-refractivity contribution is 0.411. The van der Waals surface area contributed by atoms with Crippen LogP contribution in [-0.4, -0.2) is 30.0 Å². The molecule has 0 bridgehead atoms. The Balaban J connectivity index is 2.21. The first-order chi connectivity index (χ1) is 6.70. The third-order valence-corrected chi connectivity index (χ3v) is 2.99. The lowest BCUT2D eigenvalue weighted by atomic mass is 10.1. The zero-order valence-electron chi connectivity index (χ0n) is 8.67. The number of nitriles is 1. The van der Waals surface area contributed by atoms with Gasteiger partial charge >= 0.3 is 0 Å². The minimum Gasteiger partial charge on any atom is -0.361 e. The van der Waals surface area contributed by atoms with Gasteiger partial charge in [0.1, 0.15) is 6.07 Å². The summed E-state index contributed by atoms with van der Waals surface area (Å²) < 4.78 is 0. The molecule has 1 aliphatic rings. The molecule has 1 atom stereocenters. The van der Waals surface area contributed by atoms with Crippen LogP contribution in [0.1, 0.15) is 29.3 Å². The second kappa shape index (κ2) is 3.47. The van der Waals surface area contributed by atoms with Crippen molar-refractivity contribution in [2.45, 2.75) is 19.3 Å². The second-order valence-corrected chi connectivity index (χ2v) is 4.12. The maximum absolute atomic E-state index is 8.85. The summed E-state index contributed by atoms with van der Waals surface area (Å²) in [4.78, 5) is 5.64. The molecule has 1 N–H and O–H groups in total. The summed E-state index contributed by atoms with van der Waals surface area (Å²) in [6.07, 6.45) is 1.20. The van der Waals surface area contributed by atoms with E-state index in [-0.39, 0.29) is 0 Å². The van der Waals surface area contributed by atoms with Gasteiger partial charge in [0.05, 0.1) is 5.56 Å². The van der Waals surface area contributed by atoms with Crippen LogP contribution in [0.25, 0.3) is 0 Å². The molecule has 0 radical (unpaired) electrons. The first-order valence-corrected chi connectivity index (χ1v) is 4.99. The van der Waals surface area contributed by atoms with E-state index in [1.54, 1.807) is 0 Å². The van der Waals surface area contributed by atoms with E-state index >= 15 is 0 Å². The average molecular weight is 189 g/mol. The number of hydrogen-bond donors (Lipinski definition) is 1. The molecule has 1 aromatic rings. The van der Waals surface area contributed by atoms with Crippen LogP contribution >= 0.6 is 0 Å². The van der Waals surface area contributed by atoms with Crippen LogP contribution in [0, 0.1) is 18.3 Å². The lowest BCUT2D eigenvalue weighted by Crippen LogP contribution is -2.13. The Morgan fingerprint density at radius 1 is 1.64 bits per heavy atom. The summed E-state index contributed by atoms with van der Waals surface area (Å²) >= 11 is 0. The number of aromatic nitrogens is 1. The van der Waals surface area contributed by atoms with Crippen molar-refractivity contribution in [1.29, 1.82) is 5.26 Å². The number of nitrogens with zero attached hydrogens (tertiary/aromatic N) is 2. The molecular formula is C11H15N3. The van der Waals surface area contributed by atoms with Gasteiger partial charge in [0.2, 0.25) is 0 Å². The van der Waals surface area contributed by atoms with E-state index in [1.807, 2.05) is 13.0 Å². The Bertz CT molecular complexity index is 372. The molecule has 14 heavy (non-hydrogen) atoms. The quantitative estimate of drug-likeness (QED) is 0.729. The van der Waals surface area contributed by atoms with Gasteiger partial charge in [-0.25, -0.2) is 0 Å². The van der Waals surface area contributed by atoms with E-state index in [0.717, 1.165) is 24.3 Å². The number of aryl methyl sites for hydroxylation is 1. The third kappa shape index (κ3) is 1.53. The van der Waals surface area contributed by atoms with Crippen molar-refractivity contribution < 1.29 is 0 Å². The minimum absolute atomic E-state index is 0.584. The van der Waals surface area contributed by atoms with Crippen LogP contribution in [0.3, 0.4) is 0 Å². The molecule has 1 fully saturated rings. The SMILES string of the molecule is Cc1[nH]c(C2CCN(C)C2)cc1C#N. The molecule has 1 unspecified atom stereocenters. The van der Waals surface area contributed by atoms with Gasteiger partial charge in [0.15, 0.2) is 0 Å². The van der Waals surface area contributed by atoms with E-state index in [2.05, 4.69) is 23.0 Å². The van der Waals surface area contributed by atoms with Crippen molar-refractivity contribution in [3.63, 3.8) is 0 Å². The summed E-state index contributed by atoms with van der Waals surface area (Å²) in [6, 6.07) is 4.20. The maximum atomic E-state index is 8.85. The smallest absolute Gasteiger partial charge is 0.101 e. The Labute approximate surface area is 84.3 Å². The van der Waals surface area contributed by atoms with E-state index in [4.69, 9.17) is 5.26 Å². The van der Waals surface area contributed by atoms with Crippen LogP contribution in [-0.2, 0) is 0 Å². The van der Waals surface area contributed by atoms with Crippen LogP contribution in [0.2, 0.25) is 0 Å². The third-order valence-electron chi connectivity index (χ3n) is 2.99. The van der Waals surface area contributed by atoms with Crippen molar-refractivity contribution in [2.75, 3.05) is 20.1 Å². The Hall–Kier alpha value is -1.27. The van der Waals surface area contributed by atoms with Crippen molar-refractivity contribution in [3.05, 3.63) is 23.0 Å². The Morgan fingerprint density at radius 2 is 2.43 bits per heavy atom. The number of H-pyrrole nitrogens is 1. The Morgan fingerprint density at radius 3 is 2.93 bits per heavy atom. The highest BCUT2D eigenvalue weighted by Crippen LogP contribution is 2.26. The first-order valence-electron chi connectivity index (χ1n) is 4.99. The van der Waals surface area contributed by atoms with Gasteiger partial charge in [0, 0.05) is 23.9 Å². The molecule has 2 rings (SSSR count). The van der Waals surface area contributed by atoms with Gasteiger partial charge in [0.25, 0.3) is 0 Å². The highest BCUT2D eigenvalue weighted by Gasteiger charge is 2.22. The molecule has 0 aliphatic carbocycles. The molecule has 0 saturated carbocycles. The molecule has 0 aromatic carbocycles.